The van der Waals surface area contributed by atoms with Crippen molar-refractivity contribution in [2.45, 2.75) is 18.4 Å². The second-order valence-corrected chi connectivity index (χ2v) is 8.07. The monoisotopic (exact) mass is 472 g/mol. The number of carbonyl (C=O) groups is 1. The number of ether oxygens (including phenoxy) is 1. The third kappa shape index (κ3) is 4.44. The number of anilines is 2. The van der Waals surface area contributed by atoms with E-state index in [2.05, 4.69) is 25.9 Å². The summed E-state index contributed by atoms with van der Waals surface area (Å²) in [5.41, 5.74) is 4.05. The van der Waals surface area contributed by atoms with Gasteiger partial charge in [0.25, 0.3) is 5.91 Å². The van der Waals surface area contributed by atoms with E-state index in [1.165, 1.54) is 23.3 Å². The number of fused-ring (bicyclic) bond motifs is 1. The Bertz CT molecular complexity index is 1130. The molecule has 1 amide bonds. The highest BCUT2D eigenvalue weighted by Gasteiger charge is 2.38. The van der Waals surface area contributed by atoms with Gasteiger partial charge in [-0.1, -0.05) is 24.3 Å². The predicted molar refractivity (Wildman–Crippen MR) is 119 cm³/mol. The lowest BCUT2D eigenvalue weighted by Gasteiger charge is -2.35. The van der Waals surface area contributed by atoms with E-state index in [1.54, 1.807) is 30.6 Å². The van der Waals surface area contributed by atoms with Gasteiger partial charge in [0.15, 0.2) is 0 Å². The van der Waals surface area contributed by atoms with E-state index in [-0.39, 0.29) is 11.3 Å². The molecule has 1 aromatic carbocycles. The van der Waals surface area contributed by atoms with Crippen molar-refractivity contribution < 1.29 is 22.7 Å². The number of alkyl halides is 3. The van der Waals surface area contributed by atoms with E-state index in [9.17, 15) is 18.0 Å². The van der Waals surface area contributed by atoms with Gasteiger partial charge < -0.3 is 20.3 Å². The smallest absolute Gasteiger partial charge is 0.378 e. The van der Waals surface area contributed by atoms with Crippen molar-refractivity contribution in [1.29, 1.82) is 0 Å². The molecule has 178 valence electrons. The van der Waals surface area contributed by atoms with Gasteiger partial charge in [0, 0.05) is 19.3 Å². The molecule has 1 fully saturated rings. The lowest BCUT2D eigenvalue weighted by Crippen LogP contribution is -2.50. The predicted octanol–water partition coefficient (Wildman–Crippen LogP) is 2.76. The summed E-state index contributed by atoms with van der Waals surface area (Å²) in [6, 6.07) is 6.49. The molecule has 2 aromatic rings. The molecule has 8 nitrogen and oxygen atoms in total. The maximum absolute atomic E-state index is 13.5. The number of morpholine rings is 1. The lowest BCUT2D eigenvalue weighted by atomic mass is 9.99. The molecule has 0 aliphatic carbocycles. The zero-order chi connectivity index (χ0) is 23.7. The quantitative estimate of drug-likeness (QED) is 0.591. The molecule has 11 heteroatoms. The molecule has 2 unspecified atom stereocenters. The maximum atomic E-state index is 13.5. The van der Waals surface area contributed by atoms with Gasteiger partial charge in [-0.25, -0.2) is 5.43 Å². The van der Waals surface area contributed by atoms with Gasteiger partial charge in [-0.3, -0.25) is 14.8 Å². The van der Waals surface area contributed by atoms with Gasteiger partial charge in [0.2, 0.25) is 0 Å². The van der Waals surface area contributed by atoms with Crippen molar-refractivity contribution in [2.75, 3.05) is 36.5 Å². The minimum absolute atomic E-state index is 0.0822. The van der Waals surface area contributed by atoms with E-state index in [1.807, 2.05) is 6.07 Å². The molecular formula is C23H23F3N6O2. The molecule has 3 aliphatic heterocycles. The number of hydrogen-bond acceptors (Lipinski definition) is 7. The van der Waals surface area contributed by atoms with Crippen molar-refractivity contribution >= 4 is 17.3 Å². The van der Waals surface area contributed by atoms with Gasteiger partial charge in [-0.15, -0.1) is 0 Å². The van der Waals surface area contributed by atoms with E-state index in [0.29, 0.717) is 18.9 Å². The van der Waals surface area contributed by atoms with E-state index < -0.39 is 29.9 Å². The first kappa shape index (κ1) is 22.2. The summed E-state index contributed by atoms with van der Waals surface area (Å²) in [5, 5.41) is 7.42. The van der Waals surface area contributed by atoms with Gasteiger partial charge in [0.05, 0.1) is 48.6 Å². The number of carbonyl (C=O) groups excluding carboxylic acids is 1. The number of hydrogen-bond donors (Lipinski definition) is 3. The Labute approximate surface area is 194 Å². The average Bonchev–Trinajstić information content (AvgIpc) is 3.28. The fourth-order valence-electron chi connectivity index (χ4n) is 4.22. The normalized spacial score (nSPS) is 22.1. The number of aromatic nitrogens is 1. The Morgan fingerprint density at radius 2 is 1.94 bits per heavy atom. The Morgan fingerprint density at radius 1 is 1.15 bits per heavy atom. The second-order valence-electron chi connectivity index (χ2n) is 8.07. The second kappa shape index (κ2) is 8.99. The van der Waals surface area contributed by atoms with Gasteiger partial charge in [0.1, 0.15) is 11.9 Å². The van der Waals surface area contributed by atoms with Crippen LogP contribution in [0, 0.1) is 0 Å². The highest BCUT2D eigenvalue weighted by molar-refractivity contribution is 6.03. The van der Waals surface area contributed by atoms with Crippen LogP contribution in [0.5, 0.6) is 0 Å². The summed E-state index contributed by atoms with van der Waals surface area (Å²) in [6.45, 7) is 2.73. The number of nitrogens with zero attached hydrogens (tertiary/aromatic N) is 3. The number of halogens is 3. The highest BCUT2D eigenvalue weighted by atomic mass is 19.4. The molecule has 3 N–H and O–H groups in total. The molecule has 34 heavy (non-hydrogen) atoms. The Balaban J connectivity index is 1.31. The minimum atomic E-state index is -4.49. The van der Waals surface area contributed by atoms with Crippen LogP contribution in [0.2, 0.25) is 0 Å². The van der Waals surface area contributed by atoms with E-state index >= 15 is 0 Å². The standard InChI is InChI=1S/C23H23F3N6O2/c24-23(25,26)18-4-2-1-3-17(18)19-5-6-21-28-14-20(32(21)30-19)22(33)29-15-11-16(13-27-12-15)31-7-9-34-10-8-31/h1-6,11-14,19,21,28,30H,7-10H2,(H,29,33). The van der Waals surface area contributed by atoms with Crippen LogP contribution in [0.25, 0.3) is 0 Å². The number of hydrazine groups is 1. The Morgan fingerprint density at radius 3 is 2.74 bits per heavy atom. The third-order valence-corrected chi connectivity index (χ3v) is 5.88. The minimum Gasteiger partial charge on any atom is -0.378 e. The molecule has 5 rings (SSSR count). The van der Waals surface area contributed by atoms with Crippen LogP contribution in [0.1, 0.15) is 17.2 Å². The fraction of sp³-hybridized carbons (Fsp3) is 0.304. The molecule has 0 radical (unpaired) electrons. The van der Waals surface area contributed by atoms with Crippen LogP contribution in [-0.2, 0) is 15.7 Å². The first-order valence-electron chi connectivity index (χ1n) is 10.9. The zero-order valence-electron chi connectivity index (χ0n) is 18.0. The van der Waals surface area contributed by atoms with Gasteiger partial charge >= 0.3 is 6.18 Å². The molecule has 3 aliphatic rings. The molecule has 1 saturated heterocycles. The highest BCUT2D eigenvalue weighted by Crippen LogP contribution is 2.36. The average molecular weight is 472 g/mol. The van der Waals surface area contributed by atoms with Crippen LogP contribution < -0.4 is 21.0 Å². The molecule has 0 spiro atoms. The third-order valence-electron chi connectivity index (χ3n) is 5.88. The maximum Gasteiger partial charge on any atom is 0.416 e. The van der Waals surface area contributed by atoms with Crippen molar-refractivity contribution in [2.24, 2.45) is 0 Å². The molecule has 1 aromatic heterocycles. The SMILES string of the molecule is O=C(Nc1cncc(N2CCOCC2)c1)C1=CNC2C=CC(c3ccccc3C(F)(F)F)NN12. The van der Waals surface area contributed by atoms with Crippen LogP contribution in [-0.4, -0.2) is 48.4 Å². The van der Waals surface area contributed by atoms with Crippen LogP contribution in [0.15, 0.2) is 66.8 Å². The van der Waals surface area contributed by atoms with E-state index in [4.69, 9.17) is 4.74 Å². The molecule has 0 bridgehead atoms. The van der Waals surface area contributed by atoms with E-state index in [0.717, 1.165) is 24.8 Å². The summed E-state index contributed by atoms with van der Waals surface area (Å²) >= 11 is 0. The van der Waals surface area contributed by atoms with Crippen LogP contribution in [0.3, 0.4) is 0 Å². The lowest BCUT2D eigenvalue weighted by molar-refractivity contribution is -0.138. The first-order chi connectivity index (χ1) is 16.4. The Kier molecular flexibility index (Phi) is 5.88. The first-order valence-corrected chi connectivity index (χ1v) is 10.9. The van der Waals surface area contributed by atoms with Crippen molar-refractivity contribution in [3.8, 4) is 0 Å². The van der Waals surface area contributed by atoms with Crippen molar-refractivity contribution in [3.05, 3.63) is 77.9 Å². The number of rotatable bonds is 4. The summed E-state index contributed by atoms with van der Waals surface area (Å²) < 4.78 is 45.9. The zero-order valence-corrected chi connectivity index (χ0v) is 18.0. The molecule has 0 saturated carbocycles. The number of pyridine rings is 1. The van der Waals surface area contributed by atoms with Gasteiger partial charge in [-0.05, 0) is 23.8 Å². The van der Waals surface area contributed by atoms with Gasteiger partial charge in [-0.2, -0.15) is 13.2 Å². The van der Waals surface area contributed by atoms with Crippen LogP contribution in [0.4, 0.5) is 24.5 Å². The largest absolute Gasteiger partial charge is 0.416 e. The number of benzene rings is 1. The summed E-state index contributed by atoms with van der Waals surface area (Å²) in [6.07, 6.45) is 3.32. The summed E-state index contributed by atoms with van der Waals surface area (Å²) in [4.78, 5) is 19.4. The summed E-state index contributed by atoms with van der Waals surface area (Å²) in [5.74, 6) is -0.415. The van der Waals surface area contributed by atoms with Crippen LogP contribution >= 0.6 is 0 Å². The van der Waals surface area contributed by atoms with Crippen molar-refractivity contribution in [1.82, 2.24) is 20.7 Å². The topological polar surface area (TPSA) is 81.8 Å². The molecule has 4 heterocycles. The Hall–Kier alpha value is -3.57. The van der Waals surface area contributed by atoms with Crippen molar-refractivity contribution in [3.63, 3.8) is 0 Å². The molecule has 2 atom stereocenters. The summed E-state index contributed by atoms with van der Waals surface area (Å²) in [7, 11) is 0. The fourth-order valence-corrected chi connectivity index (χ4v) is 4.22. The molecular weight excluding hydrogens is 449 g/mol. The number of amides is 1. The number of nitrogens with one attached hydrogen (secondary N) is 3.